The second kappa shape index (κ2) is 7.30. The maximum atomic E-state index is 13.4. The van der Waals surface area contributed by atoms with Gasteiger partial charge in [0.2, 0.25) is 8.32 Å². The highest BCUT2D eigenvalue weighted by Gasteiger charge is 2.48. The lowest BCUT2D eigenvalue weighted by Gasteiger charge is -2.55. The third kappa shape index (κ3) is 3.32. The van der Waals surface area contributed by atoms with E-state index in [0.29, 0.717) is 24.5 Å². The molecule has 3 heterocycles. The molecular formula is C24H28N2O2SSi. The van der Waals surface area contributed by atoms with E-state index < -0.39 is 8.32 Å². The Morgan fingerprint density at radius 2 is 1.87 bits per heavy atom. The Balaban J connectivity index is 1.37. The summed E-state index contributed by atoms with van der Waals surface area (Å²) in [7, 11) is -2.45. The molecule has 3 fully saturated rings. The van der Waals surface area contributed by atoms with Crippen molar-refractivity contribution >= 4 is 40.8 Å². The van der Waals surface area contributed by atoms with Crippen LogP contribution in [0.5, 0.6) is 0 Å². The van der Waals surface area contributed by atoms with Crippen LogP contribution in [0.2, 0.25) is 13.1 Å². The molecule has 156 valence electrons. The number of amides is 1. The van der Waals surface area contributed by atoms with E-state index in [9.17, 15) is 9.59 Å². The molecule has 4 nitrogen and oxygen atoms in total. The molecule has 2 aromatic carbocycles. The number of thiophene rings is 1. The monoisotopic (exact) mass is 436 g/mol. The number of hydrogen-bond donors (Lipinski definition) is 2. The highest BCUT2D eigenvalue weighted by atomic mass is 32.1. The van der Waals surface area contributed by atoms with Crippen molar-refractivity contribution < 1.29 is 9.59 Å². The van der Waals surface area contributed by atoms with Crippen LogP contribution in [0, 0.1) is 0 Å². The summed E-state index contributed by atoms with van der Waals surface area (Å²) < 4.78 is 1.09. The van der Waals surface area contributed by atoms with Gasteiger partial charge < -0.3 is 15.4 Å². The molecule has 2 saturated heterocycles. The first-order chi connectivity index (χ1) is 14.3. The number of piperidine rings is 1. The van der Waals surface area contributed by atoms with Gasteiger partial charge in [-0.2, -0.15) is 0 Å². The molecule has 3 N–H and O–H groups in total. The lowest BCUT2D eigenvalue weighted by atomic mass is 9.71. The van der Waals surface area contributed by atoms with E-state index in [1.165, 1.54) is 11.1 Å². The molecule has 2 bridgehead atoms. The summed E-state index contributed by atoms with van der Waals surface area (Å²) in [6.07, 6.45) is 3.18. The molecule has 1 saturated carbocycles. The van der Waals surface area contributed by atoms with E-state index in [0.717, 1.165) is 39.4 Å². The molecule has 3 aromatic rings. The fourth-order valence-electron chi connectivity index (χ4n) is 5.28. The van der Waals surface area contributed by atoms with Crippen molar-refractivity contribution in [2.24, 2.45) is 5.73 Å². The van der Waals surface area contributed by atoms with Gasteiger partial charge in [-0.05, 0) is 72.1 Å². The number of nitrogens with two attached hydrogens (primary N) is 1. The molecule has 0 spiro atoms. The number of hydrogen-bond acceptors (Lipinski definition) is 4. The van der Waals surface area contributed by atoms with Crippen molar-refractivity contribution in [1.29, 1.82) is 0 Å². The number of fused-ring (bicyclic) bond motifs is 3. The van der Waals surface area contributed by atoms with Crippen molar-refractivity contribution in [2.75, 3.05) is 0 Å². The van der Waals surface area contributed by atoms with Crippen molar-refractivity contribution in [3.63, 3.8) is 0 Å². The molecule has 2 aliphatic heterocycles. The lowest BCUT2D eigenvalue weighted by Crippen LogP contribution is -2.62. The van der Waals surface area contributed by atoms with Gasteiger partial charge >= 0.3 is 0 Å². The van der Waals surface area contributed by atoms with E-state index in [1.54, 1.807) is 11.3 Å². The van der Waals surface area contributed by atoms with Gasteiger partial charge in [0.15, 0.2) is 0 Å². The Morgan fingerprint density at radius 3 is 2.57 bits per heavy atom. The zero-order valence-electron chi connectivity index (χ0n) is 17.5. The lowest BCUT2D eigenvalue weighted by molar-refractivity contribution is -0.0185. The minimum Gasteiger partial charge on any atom is -0.428 e. The summed E-state index contributed by atoms with van der Waals surface area (Å²) in [5, 5.41) is 2.06. The molecule has 2 atom stereocenters. The quantitative estimate of drug-likeness (QED) is 0.609. The molecule has 0 radical (unpaired) electrons. The van der Waals surface area contributed by atoms with E-state index in [1.807, 2.05) is 31.3 Å². The third-order valence-corrected chi connectivity index (χ3v) is 9.61. The van der Waals surface area contributed by atoms with Gasteiger partial charge in [0, 0.05) is 23.3 Å². The predicted molar refractivity (Wildman–Crippen MR) is 126 cm³/mol. The number of rotatable bonds is 4. The maximum absolute atomic E-state index is 13.4. The zero-order valence-corrected chi connectivity index (χ0v) is 19.3. The third-order valence-electron chi connectivity index (χ3n) is 6.77. The average molecular weight is 437 g/mol. The van der Waals surface area contributed by atoms with Crippen LogP contribution < -0.4 is 10.9 Å². The van der Waals surface area contributed by atoms with Gasteiger partial charge in [0.25, 0.3) is 5.91 Å². The predicted octanol–water partition coefficient (Wildman–Crippen LogP) is 3.93. The van der Waals surface area contributed by atoms with Crippen molar-refractivity contribution in [3.8, 4) is 0 Å². The van der Waals surface area contributed by atoms with E-state index in [-0.39, 0.29) is 5.91 Å². The summed E-state index contributed by atoms with van der Waals surface area (Å²) in [5.41, 5.74) is 8.35. The summed E-state index contributed by atoms with van der Waals surface area (Å²) in [6.45, 7) is 4.43. The van der Waals surface area contributed by atoms with E-state index in [4.69, 9.17) is 5.73 Å². The summed E-state index contributed by atoms with van der Waals surface area (Å²) in [6, 6.07) is 17.3. The Bertz CT molecular complexity index is 1110. The standard InChI is InChI=1S/C24H28N2O2SSi/c1-30(2,28)23-8-4-7-21-20(23)13-22(29-21)24(27)26-18-10-17(11-19(26)12-18)16-6-3-5-15(9-16)14-25/h3-9,13,17-19,28H,10-12,14,25H2,1-2H3. The van der Waals surface area contributed by atoms with E-state index >= 15 is 0 Å². The van der Waals surface area contributed by atoms with Crippen LogP contribution in [0.3, 0.4) is 0 Å². The number of carbonyl (C=O) groups excluding carboxylic acids is 1. The van der Waals surface area contributed by atoms with Crippen LogP contribution in [0.15, 0.2) is 48.5 Å². The van der Waals surface area contributed by atoms with Crippen LogP contribution in [-0.4, -0.2) is 36.0 Å². The molecule has 6 heteroatoms. The van der Waals surface area contributed by atoms with Gasteiger partial charge in [-0.3, -0.25) is 4.79 Å². The summed E-state index contributed by atoms with van der Waals surface area (Å²) in [4.78, 5) is 27.0. The second-order valence-corrected chi connectivity index (χ2v) is 14.0. The van der Waals surface area contributed by atoms with E-state index in [2.05, 4.69) is 35.2 Å². The maximum Gasteiger partial charge on any atom is 0.264 e. The van der Waals surface area contributed by atoms with Crippen LogP contribution in [-0.2, 0) is 6.54 Å². The Morgan fingerprint density at radius 1 is 1.13 bits per heavy atom. The van der Waals surface area contributed by atoms with Crippen molar-refractivity contribution in [1.82, 2.24) is 4.90 Å². The zero-order chi connectivity index (χ0) is 21.0. The van der Waals surface area contributed by atoms with Crippen LogP contribution in [0.1, 0.15) is 46.0 Å². The van der Waals surface area contributed by atoms with Gasteiger partial charge in [0.1, 0.15) is 0 Å². The van der Waals surface area contributed by atoms with Crippen LogP contribution in [0.4, 0.5) is 0 Å². The van der Waals surface area contributed by atoms with Gasteiger partial charge in [-0.25, -0.2) is 0 Å². The highest BCUT2D eigenvalue weighted by Crippen LogP contribution is 2.46. The van der Waals surface area contributed by atoms with Gasteiger partial charge in [-0.1, -0.05) is 36.4 Å². The molecule has 30 heavy (non-hydrogen) atoms. The smallest absolute Gasteiger partial charge is 0.264 e. The molecule has 2 unspecified atom stereocenters. The summed E-state index contributed by atoms with van der Waals surface area (Å²) in [5.74, 6) is 0.675. The first kappa shape index (κ1) is 19.9. The minimum absolute atomic E-state index is 0.162. The first-order valence-corrected chi connectivity index (χ1v) is 14.5. The van der Waals surface area contributed by atoms with Crippen LogP contribution >= 0.6 is 11.3 Å². The van der Waals surface area contributed by atoms with Crippen LogP contribution in [0.25, 0.3) is 10.1 Å². The summed E-state index contributed by atoms with van der Waals surface area (Å²) >= 11 is 1.56. The average Bonchev–Trinajstić information content (AvgIpc) is 3.17. The highest BCUT2D eigenvalue weighted by molar-refractivity contribution is 7.21. The number of carbonyl (C=O) groups is 1. The van der Waals surface area contributed by atoms with Gasteiger partial charge in [0.05, 0.1) is 4.88 Å². The molecule has 3 aliphatic rings. The molecular weight excluding hydrogens is 408 g/mol. The number of nitrogens with zero attached hydrogens (tertiary/aromatic N) is 1. The molecule has 6 rings (SSSR count). The molecule has 1 aromatic heterocycles. The molecule has 1 amide bonds. The second-order valence-electron chi connectivity index (χ2n) is 9.26. The Kier molecular flexibility index (Phi) is 4.86. The van der Waals surface area contributed by atoms with Crippen molar-refractivity contribution in [3.05, 3.63) is 64.5 Å². The first-order valence-electron chi connectivity index (χ1n) is 10.7. The number of benzene rings is 2. The fraction of sp³-hybridized carbons (Fsp3) is 0.375. The normalized spacial score (nSPS) is 23.5. The molecule has 1 aliphatic carbocycles. The SMILES string of the molecule is C[Si](C)(O)c1cccc2sc(C(=O)N3C4CC(c5cccc(CN)c5)CC3C4)cc12. The fourth-order valence-corrected chi connectivity index (χ4v) is 7.77. The topological polar surface area (TPSA) is 66.6 Å². The largest absolute Gasteiger partial charge is 0.428 e. The van der Waals surface area contributed by atoms with Crippen molar-refractivity contribution in [2.45, 2.75) is 56.9 Å². The Hall–Kier alpha value is -1.99. The Labute approximate surface area is 182 Å². The van der Waals surface area contributed by atoms with Gasteiger partial charge in [-0.15, -0.1) is 11.3 Å². The minimum atomic E-state index is -2.45.